The number of aliphatic imine (C=N–C) groups is 1. The summed E-state index contributed by atoms with van der Waals surface area (Å²) < 4.78 is 0. The summed E-state index contributed by atoms with van der Waals surface area (Å²) >= 11 is 1.86. The fourth-order valence-corrected chi connectivity index (χ4v) is 2.06. The van der Waals surface area contributed by atoms with Crippen LogP contribution in [0.2, 0.25) is 0 Å². The summed E-state index contributed by atoms with van der Waals surface area (Å²) in [6.45, 7) is 2.19. The van der Waals surface area contributed by atoms with Crippen molar-refractivity contribution in [3.05, 3.63) is 24.3 Å². The second-order valence-electron chi connectivity index (χ2n) is 3.08. The lowest BCUT2D eigenvalue weighted by Crippen LogP contribution is -2.00. The number of unbranched alkanes of at least 4 members (excludes halogenated alkanes) is 1. The molecule has 1 aromatic carbocycles. The Morgan fingerprint density at radius 1 is 1.40 bits per heavy atom. The molecule has 0 radical (unpaired) electrons. The first kappa shape index (κ1) is 12.1. The number of hydrogen-bond acceptors (Lipinski definition) is 3. The molecule has 0 aliphatic carbocycles. The van der Waals surface area contributed by atoms with Crippen LogP contribution in [0.15, 0.2) is 34.2 Å². The van der Waals surface area contributed by atoms with Crippen molar-refractivity contribution in [2.75, 3.05) is 5.75 Å². The molecule has 2 N–H and O–H groups in total. The highest BCUT2D eigenvalue weighted by molar-refractivity contribution is 7.99. The monoisotopic (exact) mass is 224 g/mol. The van der Waals surface area contributed by atoms with Crippen molar-refractivity contribution in [3.63, 3.8) is 0 Å². The van der Waals surface area contributed by atoms with Crippen molar-refractivity contribution in [2.45, 2.75) is 24.7 Å². The van der Waals surface area contributed by atoms with Gasteiger partial charge in [-0.2, -0.15) is 0 Å². The van der Waals surface area contributed by atoms with E-state index in [0.717, 1.165) is 11.4 Å². The van der Waals surface area contributed by atoms with Gasteiger partial charge in [0.2, 0.25) is 0 Å². The van der Waals surface area contributed by atoms with E-state index in [2.05, 4.69) is 11.9 Å². The first-order chi connectivity index (χ1) is 7.36. The lowest BCUT2D eigenvalue weighted by molar-refractivity contribution is 0.240. The van der Waals surface area contributed by atoms with E-state index in [4.69, 9.17) is 5.21 Å². The van der Waals surface area contributed by atoms with E-state index in [1.807, 2.05) is 41.5 Å². The van der Waals surface area contributed by atoms with Gasteiger partial charge < -0.3 is 0 Å². The van der Waals surface area contributed by atoms with Crippen molar-refractivity contribution in [1.82, 2.24) is 5.48 Å². The van der Waals surface area contributed by atoms with Gasteiger partial charge in [-0.15, -0.1) is 11.8 Å². The van der Waals surface area contributed by atoms with E-state index in [0.29, 0.717) is 0 Å². The molecule has 0 saturated heterocycles. The average molecular weight is 224 g/mol. The predicted molar refractivity (Wildman–Crippen MR) is 65.1 cm³/mol. The Kier molecular flexibility index (Phi) is 5.88. The van der Waals surface area contributed by atoms with Crippen LogP contribution in [0.5, 0.6) is 0 Å². The third-order valence-electron chi connectivity index (χ3n) is 1.87. The molecule has 0 amide bonds. The highest BCUT2D eigenvalue weighted by atomic mass is 32.2. The van der Waals surface area contributed by atoms with Gasteiger partial charge in [0.25, 0.3) is 0 Å². The van der Waals surface area contributed by atoms with Gasteiger partial charge in [-0.25, -0.2) is 4.99 Å². The second-order valence-corrected chi connectivity index (χ2v) is 4.25. The first-order valence-electron chi connectivity index (χ1n) is 5.02. The second kappa shape index (κ2) is 7.31. The first-order valence-corrected chi connectivity index (χ1v) is 6.00. The third kappa shape index (κ3) is 4.85. The van der Waals surface area contributed by atoms with Gasteiger partial charge in [0.1, 0.15) is 6.34 Å². The molecule has 0 bridgehead atoms. The standard InChI is InChI=1S/C11H16N2OS/c1-2-3-8-15-11-6-4-10(5-7-11)12-9-13-14/h4-7,9,14H,2-3,8H2,1H3,(H,12,13). The molecule has 0 heterocycles. The minimum atomic E-state index is 0.830. The van der Waals surface area contributed by atoms with Crippen molar-refractivity contribution in [1.29, 1.82) is 0 Å². The van der Waals surface area contributed by atoms with Crippen LogP contribution in [0.25, 0.3) is 0 Å². The number of rotatable bonds is 6. The average Bonchev–Trinajstić information content (AvgIpc) is 2.28. The van der Waals surface area contributed by atoms with Gasteiger partial charge in [-0.3, -0.25) is 10.7 Å². The van der Waals surface area contributed by atoms with Crippen LogP contribution in [-0.2, 0) is 0 Å². The zero-order valence-electron chi connectivity index (χ0n) is 8.81. The van der Waals surface area contributed by atoms with Crippen LogP contribution < -0.4 is 5.48 Å². The minimum absolute atomic E-state index is 0.830. The van der Waals surface area contributed by atoms with Crippen LogP contribution in [-0.4, -0.2) is 17.3 Å². The van der Waals surface area contributed by atoms with Crippen LogP contribution in [0.1, 0.15) is 19.8 Å². The SMILES string of the molecule is CCCCSc1ccc(N=CNO)cc1. The summed E-state index contributed by atoms with van der Waals surface area (Å²) in [6, 6.07) is 7.96. The molecule has 0 aliphatic rings. The van der Waals surface area contributed by atoms with Gasteiger partial charge in [0.05, 0.1) is 5.69 Å². The van der Waals surface area contributed by atoms with Crippen LogP contribution >= 0.6 is 11.8 Å². The van der Waals surface area contributed by atoms with Crippen molar-refractivity contribution in [2.24, 2.45) is 4.99 Å². The summed E-state index contributed by atoms with van der Waals surface area (Å²) in [5, 5.41) is 8.32. The largest absolute Gasteiger partial charge is 0.290 e. The summed E-state index contributed by atoms with van der Waals surface area (Å²) in [5.74, 6) is 1.16. The fourth-order valence-electron chi connectivity index (χ4n) is 1.07. The van der Waals surface area contributed by atoms with E-state index in [1.165, 1.54) is 24.1 Å². The molecule has 1 aromatic rings. The molecule has 0 aromatic heterocycles. The smallest absolute Gasteiger partial charge is 0.113 e. The Balaban J connectivity index is 2.45. The zero-order valence-corrected chi connectivity index (χ0v) is 9.63. The molecular formula is C11H16N2OS. The van der Waals surface area contributed by atoms with E-state index in [1.54, 1.807) is 0 Å². The van der Waals surface area contributed by atoms with Crippen LogP contribution in [0, 0.1) is 0 Å². The summed E-state index contributed by atoms with van der Waals surface area (Å²) in [5.41, 5.74) is 2.71. The summed E-state index contributed by atoms with van der Waals surface area (Å²) in [4.78, 5) is 5.23. The Hall–Kier alpha value is -1.00. The van der Waals surface area contributed by atoms with Gasteiger partial charge in [-0.05, 0) is 36.4 Å². The van der Waals surface area contributed by atoms with Crippen molar-refractivity contribution >= 4 is 23.8 Å². The molecule has 3 nitrogen and oxygen atoms in total. The van der Waals surface area contributed by atoms with E-state index >= 15 is 0 Å². The number of nitrogens with one attached hydrogen (secondary N) is 1. The maximum absolute atomic E-state index is 8.32. The lowest BCUT2D eigenvalue weighted by atomic mass is 10.3. The number of hydrogen-bond donors (Lipinski definition) is 2. The molecule has 0 fully saturated rings. The summed E-state index contributed by atoms with van der Waals surface area (Å²) in [6.07, 6.45) is 3.73. The predicted octanol–water partition coefficient (Wildman–Crippen LogP) is 3.22. The number of hydroxylamine groups is 1. The highest BCUT2D eigenvalue weighted by Gasteiger charge is 1.93. The molecule has 0 aliphatic heterocycles. The van der Waals surface area contributed by atoms with Crippen molar-refractivity contribution < 1.29 is 5.21 Å². The molecule has 1 rings (SSSR count). The summed E-state index contributed by atoms with van der Waals surface area (Å²) in [7, 11) is 0. The Morgan fingerprint density at radius 3 is 2.73 bits per heavy atom. The van der Waals surface area contributed by atoms with Crippen molar-refractivity contribution in [3.8, 4) is 0 Å². The molecule has 4 heteroatoms. The molecule has 15 heavy (non-hydrogen) atoms. The number of benzene rings is 1. The highest BCUT2D eigenvalue weighted by Crippen LogP contribution is 2.22. The Labute approximate surface area is 94.6 Å². The lowest BCUT2D eigenvalue weighted by Gasteiger charge is -2.00. The van der Waals surface area contributed by atoms with Crippen LogP contribution in [0.3, 0.4) is 0 Å². The number of thioether (sulfide) groups is 1. The minimum Gasteiger partial charge on any atom is -0.290 e. The Bertz CT molecular complexity index is 298. The van der Waals surface area contributed by atoms with E-state index in [-0.39, 0.29) is 0 Å². The van der Waals surface area contributed by atoms with Gasteiger partial charge in [-0.1, -0.05) is 13.3 Å². The molecule has 82 valence electrons. The Morgan fingerprint density at radius 2 is 2.13 bits per heavy atom. The zero-order chi connectivity index (χ0) is 10.9. The molecule has 0 atom stereocenters. The molecule has 0 saturated carbocycles. The van der Waals surface area contributed by atoms with Gasteiger partial charge >= 0.3 is 0 Å². The molecule has 0 unspecified atom stereocenters. The molecular weight excluding hydrogens is 208 g/mol. The third-order valence-corrected chi connectivity index (χ3v) is 2.97. The topological polar surface area (TPSA) is 44.6 Å². The maximum atomic E-state index is 8.32. The van der Waals surface area contributed by atoms with Gasteiger partial charge in [0.15, 0.2) is 0 Å². The normalized spacial score (nSPS) is 10.8. The number of nitrogens with zero attached hydrogens (tertiary/aromatic N) is 1. The quantitative estimate of drug-likeness (QED) is 0.256. The fraction of sp³-hybridized carbons (Fsp3) is 0.364. The van der Waals surface area contributed by atoms with Crippen LogP contribution in [0.4, 0.5) is 5.69 Å². The maximum Gasteiger partial charge on any atom is 0.113 e. The molecule has 0 spiro atoms. The van der Waals surface area contributed by atoms with E-state index in [9.17, 15) is 0 Å². The van der Waals surface area contributed by atoms with Gasteiger partial charge in [0, 0.05) is 4.90 Å². The van der Waals surface area contributed by atoms with E-state index < -0.39 is 0 Å².